The van der Waals surface area contributed by atoms with E-state index in [1.165, 1.54) is 11.1 Å². The van der Waals surface area contributed by atoms with Crippen LogP contribution in [0.15, 0.2) is 72.8 Å². The SMILES string of the molecule is COCc1c(Cl)cc(N(Cc2ccccc2)Cc2ccccc2)cc1Cl. The zero-order valence-corrected chi connectivity index (χ0v) is 16.2. The minimum absolute atomic E-state index is 0.398. The summed E-state index contributed by atoms with van der Waals surface area (Å²) in [7, 11) is 1.64. The molecule has 0 unspecified atom stereocenters. The zero-order chi connectivity index (χ0) is 18.4. The summed E-state index contributed by atoms with van der Waals surface area (Å²) in [5.41, 5.74) is 4.28. The molecule has 0 aromatic heterocycles. The van der Waals surface area contributed by atoms with Gasteiger partial charge in [-0.3, -0.25) is 0 Å². The summed E-state index contributed by atoms with van der Waals surface area (Å²) in [5.74, 6) is 0. The van der Waals surface area contributed by atoms with Crippen LogP contribution in [0.5, 0.6) is 0 Å². The van der Waals surface area contributed by atoms with E-state index in [0.717, 1.165) is 24.3 Å². The number of nitrogens with zero attached hydrogens (tertiary/aromatic N) is 1. The van der Waals surface area contributed by atoms with Crippen molar-refractivity contribution in [3.8, 4) is 0 Å². The lowest BCUT2D eigenvalue weighted by Crippen LogP contribution is -2.22. The lowest BCUT2D eigenvalue weighted by molar-refractivity contribution is 0.185. The van der Waals surface area contributed by atoms with Crippen molar-refractivity contribution in [2.75, 3.05) is 12.0 Å². The zero-order valence-electron chi connectivity index (χ0n) is 14.7. The van der Waals surface area contributed by atoms with Gasteiger partial charge in [0.15, 0.2) is 0 Å². The molecule has 26 heavy (non-hydrogen) atoms. The van der Waals surface area contributed by atoms with Crippen LogP contribution in [0.3, 0.4) is 0 Å². The second kappa shape index (κ2) is 9.09. The number of hydrogen-bond donors (Lipinski definition) is 0. The van der Waals surface area contributed by atoms with Gasteiger partial charge in [-0.05, 0) is 23.3 Å². The van der Waals surface area contributed by atoms with E-state index >= 15 is 0 Å². The maximum absolute atomic E-state index is 6.47. The molecule has 0 atom stereocenters. The largest absolute Gasteiger partial charge is 0.380 e. The van der Waals surface area contributed by atoms with Gasteiger partial charge in [-0.2, -0.15) is 0 Å². The molecular weight excluding hydrogens is 365 g/mol. The summed E-state index contributed by atoms with van der Waals surface area (Å²) in [6.07, 6.45) is 0. The first-order valence-electron chi connectivity index (χ1n) is 8.47. The van der Waals surface area contributed by atoms with Crippen molar-refractivity contribution in [2.24, 2.45) is 0 Å². The van der Waals surface area contributed by atoms with Crippen LogP contribution in [0.2, 0.25) is 10.0 Å². The van der Waals surface area contributed by atoms with Gasteiger partial charge in [-0.1, -0.05) is 83.9 Å². The smallest absolute Gasteiger partial charge is 0.0742 e. The van der Waals surface area contributed by atoms with Crippen LogP contribution in [0.1, 0.15) is 16.7 Å². The Hall–Kier alpha value is -2.00. The van der Waals surface area contributed by atoms with E-state index in [4.69, 9.17) is 27.9 Å². The molecule has 0 saturated heterocycles. The van der Waals surface area contributed by atoms with Crippen molar-refractivity contribution in [2.45, 2.75) is 19.7 Å². The van der Waals surface area contributed by atoms with Gasteiger partial charge in [-0.25, -0.2) is 0 Å². The topological polar surface area (TPSA) is 12.5 Å². The summed E-state index contributed by atoms with van der Waals surface area (Å²) < 4.78 is 5.20. The summed E-state index contributed by atoms with van der Waals surface area (Å²) in [5, 5.41) is 1.25. The Balaban J connectivity index is 1.94. The number of methoxy groups -OCH3 is 1. The Morgan fingerprint density at radius 3 is 1.65 bits per heavy atom. The van der Waals surface area contributed by atoms with Crippen LogP contribution in [0.25, 0.3) is 0 Å². The normalized spacial score (nSPS) is 10.7. The summed E-state index contributed by atoms with van der Waals surface area (Å²) in [6.45, 7) is 1.94. The number of rotatable bonds is 7. The fourth-order valence-corrected chi connectivity index (χ4v) is 3.49. The van der Waals surface area contributed by atoms with E-state index in [1.54, 1.807) is 7.11 Å². The van der Waals surface area contributed by atoms with Crippen molar-refractivity contribution < 1.29 is 4.74 Å². The molecule has 0 amide bonds. The first kappa shape index (κ1) is 18.8. The number of halogens is 2. The monoisotopic (exact) mass is 385 g/mol. The maximum atomic E-state index is 6.47. The molecule has 2 nitrogen and oxygen atoms in total. The predicted molar refractivity (Wildman–Crippen MR) is 110 cm³/mol. The highest BCUT2D eigenvalue weighted by Crippen LogP contribution is 2.32. The van der Waals surface area contributed by atoms with Crippen molar-refractivity contribution in [3.63, 3.8) is 0 Å². The quantitative estimate of drug-likeness (QED) is 0.469. The molecule has 0 aliphatic heterocycles. The number of anilines is 1. The lowest BCUT2D eigenvalue weighted by Gasteiger charge is -2.26. The van der Waals surface area contributed by atoms with Gasteiger partial charge in [-0.15, -0.1) is 0 Å². The standard InChI is InChI=1S/C22H21Cl2NO/c1-26-16-20-21(23)12-19(13-22(20)24)25(14-17-8-4-2-5-9-17)15-18-10-6-3-7-11-18/h2-13H,14-16H2,1H3. The van der Waals surface area contributed by atoms with Crippen LogP contribution in [0, 0.1) is 0 Å². The second-order valence-corrected chi connectivity index (χ2v) is 6.96. The molecule has 0 fully saturated rings. The number of hydrogen-bond acceptors (Lipinski definition) is 2. The van der Waals surface area contributed by atoms with Gasteiger partial charge < -0.3 is 9.64 Å². The van der Waals surface area contributed by atoms with E-state index in [9.17, 15) is 0 Å². The minimum Gasteiger partial charge on any atom is -0.380 e. The van der Waals surface area contributed by atoms with Gasteiger partial charge in [0.2, 0.25) is 0 Å². The molecule has 0 radical (unpaired) electrons. The highest BCUT2D eigenvalue weighted by molar-refractivity contribution is 6.36. The molecule has 0 saturated carbocycles. The van der Waals surface area contributed by atoms with Gasteiger partial charge in [0.1, 0.15) is 0 Å². The fourth-order valence-electron chi connectivity index (χ4n) is 2.90. The summed E-state index contributed by atoms with van der Waals surface area (Å²) in [6, 6.07) is 24.7. The molecule has 3 aromatic carbocycles. The van der Waals surface area contributed by atoms with Gasteiger partial charge in [0, 0.05) is 41.5 Å². The van der Waals surface area contributed by atoms with Crippen LogP contribution in [-0.4, -0.2) is 7.11 Å². The maximum Gasteiger partial charge on any atom is 0.0742 e. The van der Waals surface area contributed by atoms with Crippen molar-refractivity contribution in [1.29, 1.82) is 0 Å². The van der Waals surface area contributed by atoms with E-state index in [0.29, 0.717) is 16.7 Å². The Bertz CT molecular complexity index is 773. The molecule has 4 heteroatoms. The summed E-state index contributed by atoms with van der Waals surface area (Å²) in [4.78, 5) is 2.28. The molecular formula is C22H21Cl2NO. The van der Waals surface area contributed by atoms with Gasteiger partial charge in [0.05, 0.1) is 6.61 Å². The van der Waals surface area contributed by atoms with E-state index < -0.39 is 0 Å². The lowest BCUT2D eigenvalue weighted by atomic mass is 10.1. The molecule has 0 heterocycles. The Labute approximate surface area is 164 Å². The van der Waals surface area contributed by atoms with Gasteiger partial charge in [0.25, 0.3) is 0 Å². The van der Waals surface area contributed by atoms with E-state index in [-0.39, 0.29) is 0 Å². The van der Waals surface area contributed by atoms with E-state index in [1.807, 2.05) is 24.3 Å². The third-order valence-corrected chi connectivity index (χ3v) is 4.89. The highest BCUT2D eigenvalue weighted by atomic mass is 35.5. The van der Waals surface area contributed by atoms with Gasteiger partial charge >= 0.3 is 0 Å². The molecule has 0 aliphatic rings. The fraction of sp³-hybridized carbons (Fsp3) is 0.182. The minimum atomic E-state index is 0.398. The predicted octanol–water partition coefficient (Wildman–Crippen LogP) is 6.35. The molecule has 134 valence electrons. The van der Waals surface area contributed by atoms with Crippen LogP contribution in [-0.2, 0) is 24.4 Å². The first-order chi connectivity index (χ1) is 12.7. The Morgan fingerprint density at radius 1 is 0.769 bits per heavy atom. The first-order valence-corrected chi connectivity index (χ1v) is 9.22. The molecule has 0 N–H and O–H groups in total. The molecule has 0 bridgehead atoms. The Morgan fingerprint density at radius 2 is 1.23 bits per heavy atom. The summed E-state index contributed by atoms with van der Waals surface area (Å²) >= 11 is 12.9. The van der Waals surface area contributed by atoms with E-state index in [2.05, 4.69) is 53.4 Å². The average Bonchev–Trinajstić information content (AvgIpc) is 2.66. The number of ether oxygens (including phenoxy) is 1. The van der Waals surface area contributed by atoms with Crippen molar-refractivity contribution in [3.05, 3.63) is 99.5 Å². The molecule has 0 aliphatic carbocycles. The molecule has 3 rings (SSSR count). The third-order valence-electron chi connectivity index (χ3n) is 4.21. The van der Waals surface area contributed by atoms with Crippen molar-refractivity contribution in [1.82, 2.24) is 0 Å². The third kappa shape index (κ3) is 4.79. The van der Waals surface area contributed by atoms with Crippen LogP contribution < -0.4 is 4.90 Å². The second-order valence-electron chi connectivity index (χ2n) is 6.15. The van der Waals surface area contributed by atoms with Crippen LogP contribution >= 0.6 is 23.2 Å². The highest BCUT2D eigenvalue weighted by Gasteiger charge is 2.14. The molecule has 0 spiro atoms. The number of benzene rings is 3. The van der Waals surface area contributed by atoms with Crippen molar-refractivity contribution >= 4 is 28.9 Å². The average molecular weight is 386 g/mol. The van der Waals surface area contributed by atoms with Crippen LogP contribution in [0.4, 0.5) is 5.69 Å². The molecule has 3 aromatic rings. The Kier molecular flexibility index (Phi) is 6.56.